The van der Waals surface area contributed by atoms with Crippen molar-refractivity contribution >= 4 is 30.5 Å². The summed E-state index contributed by atoms with van der Waals surface area (Å²) in [6, 6.07) is 0. The second-order valence-corrected chi connectivity index (χ2v) is 5.05. The summed E-state index contributed by atoms with van der Waals surface area (Å²) in [6.07, 6.45) is -4.74. The zero-order valence-corrected chi connectivity index (χ0v) is 13.7. The van der Waals surface area contributed by atoms with Gasteiger partial charge in [0.2, 0.25) is 0 Å². The molecule has 0 saturated carbocycles. The molecule has 22 heavy (non-hydrogen) atoms. The summed E-state index contributed by atoms with van der Waals surface area (Å²) in [4.78, 5) is 34.0. The molecular formula is C13H20O8S. The van der Waals surface area contributed by atoms with Crippen LogP contribution in [0.5, 0.6) is 0 Å². The van der Waals surface area contributed by atoms with Crippen LogP contribution < -0.4 is 0 Å². The Morgan fingerprint density at radius 3 is 1.77 bits per heavy atom. The van der Waals surface area contributed by atoms with E-state index in [0.29, 0.717) is 0 Å². The van der Waals surface area contributed by atoms with Crippen molar-refractivity contribution in [3.8, 4) is 0 Å². The molecule has 1 aliphatic rings. The number of hydrogen-bond donors (Lipinski definition) is 1. The molecule has 8 nitrogen and oxygen atoms in total. The van der Waals surface area contributed by atoms with Crippen molar-refractivity contribution in [1.29, 1.82) is 0 Å². The number of hydrogen-bond acceptors (Lipinski definition) is 9. The van der Waals surface area contributed by atoms with Gasteiger partial charge in [-0.25, -0.2) is 0 Å². The summed E-state index contributed by atoms with van der Waals surface area (Å²) in [5.74, 6) is -1.63. The third kappa shape index (κ3) is 4.85. The van der Waals surface area contributed by atoms with E-state index >= 15 is 0 Å². The topological polar surface area (TPSA) is 97.4 Å². The van der Waals surface area contributed by atoms with Crippen molar-refractivity contribution in [2.24, 2.45) is 0 Å². The fourth-order valence-electron chi connectivity index (χ4n) is 2.19. The Morgan fingerprint density at radius 2 is 1.36 bits per heavy atom. The first-order valence-electron chi connectivity index (χ1n) is 6.61. The van der Waals surface area contributed by atoms with Crippen LogP contribution in [0.4, 0.5) is 0 Å². The van der Waals surface area contributed by atoms with Crippen LogP contribution in [0.15, 0.2) is 0 Å². The molecule has 0 radical (unpaired) electrons. The van der Waals surface area contributed by atoms with E-state index in [4.69, 9.17) is 23.7 Å². The number of thiol groups is 1. The minimum Gasteiger partial charge on any atom is -0.456 e. The van der Waals surface area contributed by atoms with Gasteiger partial charge in [-0.05, 0) is 0 Å². The number of carbonyl (C=O) groups excluding carboxylic acids is 3. The molecule has 0 amide bonds. The van der Waals surface area contributed by atoms with E-state index in [0.717, 1.165) is 0 Å². The molecule has 0 aliphatic carbocycles. The average molecular weight is 336 g/mol. The molecule has 9 heteroatoms. The van der Waals surface area contributed by atoms with E-state index in [2.05, 4.69) is 12.6 Å². The Balaban J connectivity index is 3.14. The molecule has 0 N–H and O–H groups in total. The Kier molecular flexibility index (Phi) is 7.11. The maximum absolute atomic E-state index is 11.4. The van der Waals surface area contributed by atoms with E-state index in [-0.39, 0.29) is 5.75 Å². The highest BCUT2D eigenvalue weighted by Crippen LogP contribution is 2.29. The van der Waals surface area contributed by atoms with Gasteiger partial charge in [-0.2, -0.15) is 12.6 Å². The Bertz CT molecular complexity index is 396. The summed E-state index contributed by atoms with van der Waals surface area (Å²) < 4.78 is 26.2. The average Bonchev–Trinajstić information content (AvgIpc) is 2.41. The first-order chi connectivity index (χ1) is 10.3. The highest BCUT2D eigenvalue weighted by Gasteiger charge is 2.51. The van der Waals surface area contributed by atoms with Gasteiger partial charge in [0, 0.05) is 33.6 Å². The van der Waals surface area contributed by atoms with Crippen molar-refractivity contribution in [1.82, 2.24) is 0 Å². The van der Waals surface area contributed by atoms with Gasteiger partial charge in [-0.15, -0.1) is 0 Å². The predicted molar refractivity (Wildman–Crippen MR) is 76.2 cm³/mol. The monoisotopic (exact) mass is 336 g/mol. The van der Waals surface area contributed by atoms with Crippen molar-refractivity contribution in [2.75, 3.05) is 12.9 Å². The lowest BCUT2D eigenvalue weighted by molar-refractivity contribution is -0.293. The molecule has 5 atom stereocenters. The second kappa shape index (κ2) is 8.35. The van der Waals surface area contributed by atoms with Crippen LogP contribution in [0.3, 0.4) is 0 Å². The lowest BCUT2D eigenvalue weighted by atomic mass is 9.98. The first-order valence-corrected chi connectivity index (χ1v) is 7.24. The van der Waals surface area contributed by atoms with Gasteiger partial charge in [-0.3, -0.25) is 14.4 Å². The summed E-state index contributed by atoms with van der Waals surface area (Å²) in [5, 5.41) is 0. The minimum atomic E-state index is -1.06. The van der Waals surface area contributed by atoms with Crippen LogP contribution in [0.25, 0.3) is 0 Å². The highest BCUT2D eigenvalue weighted by molar-refractivity contribution is 7.80. The van der Waals surface area contributed by atoms with Crippen LogP contribution in [0, 0.1) is 0 Å². The summed E-state index contributed by atoms with van der Waals surface area (Å²) in [6.45, 7) is 3.61. The molecule has 126 valence electrons. The fourth-order valence-corrected chi connectivity index (χ4v) is 2.49. The van der Waals surface area contributed by atoms with Crippen molar-refractivity contribution < 1.29 is 38.1 Å². The zero-order valence-electron chi connectivity index (χ0n) is 12.8. The summed E-state index contributed by atoms with van der Waals surface area (Å²) in [7, 11) is 1.35. The number of ether oxygens (including phenoxy) is 5. The number of carbonyl (C=O) groups is 3. The first kappa shape index (κ1) is 18.7. The van der Waals surface area contributed by atoms with Crippen LogP contribution in [0.2, 0.25) is 0 Å². The molecule has 0 bridgehead atoms. The predicted octanol–water partition coefficient (Wildman–Crippen LogP) is 0.0826. The second-order valence-electron chi connectivity index (χ2n) is 4.68. The molecule has 0 spiro atoms. The fraction of sp³-hybridized carbons (Fsp3) is 0.769. The maximum atomic E-state index is 11.4. The van der Waals surface area contributed by atoms with Gasteiger partial charge in [0.1, 0.15) is 6.10 Å². The standard InChI is InChI=1S/C13H20O8S/c1-6(14)18-10-9(5-22)21-13(17-4)12(20-8(3)16)11(10)19-7(2)15/h9-13,22H,5H2,1-4H3/t9?,10-,11?,12?,13+/m1/s1. The van der Waals surface area contributed by atoms with Crippen LogP contribution >= 0.6 is 12.6 Å². The Morgan fingerprint density at radius 1 is 0.909 bits per heavy atom. The van der Waals surface area contributed by atoms with E-state index in [1.807, 2.05) is 0 Å². The van der Waals surface area contributed by atoms with E-state index in [9.17, 15) is 14.4 Å². The van der Waals surface area contributed by atoms with Gasteiger partial charge < -0.3 is 23.7 Å². The van der Waals surface area contributed by atoms with E-state index in [1.165, 1.54) is 27.9 Å². The minimum absolute atomic E-state index is 0.183. The normalized spacial score (nSPS) is 31.2. The van der Waals surface area contributed by atoms with Gasteiger partial charge in [0.05, 0.1) is 0 Å². The molecular weight excluding hydrogens is 316 g/mol. The van der Waals surface area contributed by atoms with Crippen molar-refractivity contribution in [2.45, 2.75) is 51.5 Å². The summed E-state index contributed by atoms with van der Waals surface area (Å²) in [5.41, 5.74) is 0. The largest absolute Gasteiger partial charge is 0.456 e. The molecule has 0 aromatic rings. The maximum Gasteiger partial charge on any atom is 0.303 e. The quantitative estimate of drug-likeness (QED) is 0.428. The van der Waals surface area contributed by atoms with Gasteiger partial charge >= 0.3 is 17.9 Å². The lowest BCUT2D eigenvalue weighted by Crippen LogP contribution is -2.62. The zero-order chi connectivity index (χ0) is 16.9. The molecule has 0 aromatic carbocycles. The molecule has 1 rings (SSSR count). The number of esters is 3. The molecule has 0 aromatic heterocycles. The van der Waals surface area contributed by atoms with Gasteiger partial charge in [0.25, 0.3) is 0 Å². The van der Waals surface area contributed by atoms with Crippen molar-refractivity contribution in [3.05, 3.63) is 0 Å². The summed E-state index contributed by atoms with van der Waals surface area (Å²) >= 11 is 4.14. The van der Waals surface area contributed by atoms with E-state index in [1.54, 1.807) is 0 Å². The van der Waals surface area contributed by atoms with Gasteiger partial charge in [0.15, 0.2) is 24.6 Å². The van der Waals surface area contributed by atoms with Crippen molar-refractivity contribution in [3.63, 3.8) is 0 Å². The third-order valence-electron chi connectivity index (χ3n) is 2.91. The molecule has 1 aliphatic heterocycles. The number of methoxy groups -OCH3 is 1. The smallest absolute Gasteiger partial charge is 0.303 e. The van der Waals surface area contributed by atoms with Crippen LogP contribution in [-0.2, 0) is 38.1 Å². The SMILES string of the molecule is CO[C@H]1OC(CS)[C@@H](OC(C)=O)C(OC(C)=O)C1OC(C)=O. The Labute approximate surface area is 133 Å². The Hall–Kier alpha value is -1.32. The molecule has 1 heterocycles. The van der Waals surface area contributed by atoms with E-state index < -0.39 is 48.6 Å². The van der Waals surface area contributed by atoms with Crippen LogP contribution in [-0.4, -0.2) is 61.5 Å². The van der Waals surface area contributed by atoms with Crippen LogP contribution in [0.1, 0.15) is 20.8 Å². The lowest BCUT2D eigenvalue weighted by Gasteiger charge is -2.43. The highest BCUT2D eigenvalue weighted by atomic mass is 32.1. The third-order valence-corrected chi connectivity index (χ3v) is 3.27. The number of rotatable bonds is 5. The molecule has 1 saturated heterocycles. The van der Waals surface area contributed by atoms with Gasteiger partial charge in [-0.1, -0.05) is 0 Å². The molecule has 3 unspecified atom stereocenters. The molecule has 1 fully saturated rings.